The standard InChI is InChI=1S/C16H26N4O3/c21-14(12-22-13-15-3-1-10-23-15)11-19-6-8-20(9-7-19)16-17-4-2-5-18-16/h2,4-5,14-15,21H,1,3,6-13H2/t14-,15-/m0/s1. The SMILES string of the molecule is O[C@H](COC[C@@H]1CCCO1)CN1CCN(c2ncccn2)CC1. The molecule has 23 heavy (non-hydrogen) atoms. The summed E-state index contributed by atoms with van der Waals surface area (Å²) in [5, 5.41) is 10.1. The quantitative estimate of drug-likeness (QED) is 0.766. The molecule has 2 aliphatic heterocycles. The molecule has 0 spiro atoms. The summed E-state index contributed by atoms with van der Waals surface area (Å²) in [6.07, 6.45) is 5.49. The summed E-state index contributed by atoms with van der Waals surface area (Å²) in [5.41, 5.74) is 0. The molecule has 3 rings (SSSR count). The van der Waals surface area contributed by atoms with E-state index in [9.17, 15) is 5.11 Å². The van der Waals surface area contributed by atoms with Gasteiger partial charge in [0.1, 0.15) is 0 Å². The zero-order valence-electron chi connectivity index (χ0n) is 13.5. The number of aliphatic hydroxyl groups is 1. The van der Waals surface area contributed by atoms with Crippen LogP contribution in [-0.4, -0.2) is 84.7 Å². The Labute approximate surface area is 137 Å². The Kier molecular flexibility index (Phi) is 6.15. The minimum Gasteiger partial charge on any atom is -0.389 e. The number of aliphatic hydroxyl groups excluding tert-OH is 1. The van der Waals surface area contributed by atoms with Crippen molar-refractivity contribution in [1.29, 1.82) is 0 Å². The molecule has 7 nitrogen and oxygen atoms in total. The van der Waals surface area contributed by atoms with Gasteiger partial charge in [0.15, 0.2) is 0 Å². The van der Waals surface area contributed by atoms with Gasteiger partial charge in [0.05, 0.1) is 25.4 Å². The number of nitrogens with zero attached hydrogens (tertiary/aromatic N) is 4. The number of β-amino-alcohol motifs (C(OH)–C–C–N with tert-alkyl or cyclic N) is 1. The summed E-state index contributed by atoms with van der Waals surface area (Å²) in [6.45, 7) is 6.03. The van der Waals surface area contributed by atoms with E-state index in [0.717, 1.165) is 51.6 Å². The van der Waals surface area contributed by atoms with Gasteiger partial charge >= 0.3 is 0 Å². The van der Waals surface area contributed by atoms with Crippen LogP contribution >= 0.6 is 0 Å². The summed E-state index contributed by atoms with van der Waals surface area (Å²) in [6, 6.07) is 1.83. The Morgan fingerprint density at radius 3 is 2.74 bits per heavy atom. The average Bonchev–Trinajstić information content (AvgIpc) is 3.10. The second kappa shape index (κ2) is 8.54. The highest BCUT2D eigenvalue weighted by atomic mass is 16.5. The number of rotatable bonds is 7. The molecule has 1 N–H and O–H groups in total. The summed E-state index contributed by atoms with van der Waals surface area (Å²) < 4.78 is 11.1. The number of anilines is 1. The van der Waals surface area contributed by atoms with Gasteiger partial charge in [-0.25, -0.2) is 9.97 Å². The molecule has 3 heterocycles. The van der Waals surface area contributed by atoms with Gasteiger partial charge in [-0.3, -0.25) is 4.90 Å². The lowest BCUT2D eigenvalue weighted by molar-refractivity contribution is -0.0254. The Balaban J connectivity index is 1.32. The minimum absolute atomic E-state index is 0.219. The van der Waals surface area contributed by atoms with Gasteiger partial charge in [-0.15, -0.1) is 0 Å². The van der Waals surface area contributed by atoms with Crippen molar-refractivity contribution in [2.24, 2.45) is 0 Å². The largest absolute Gasteiger partial charge is 0.389 e. The molecule has 7 heteroatoms. The first-order chi connectivity index (χ1) is 11.3. The van der Waals surface area contributed by atoms with Crippen molar-refractivity contribution in [3.63, 3.8) is 0 Å². The van der Waals surface area contributed by atoms with E-state index in [0.29, 0.717) is 19.8 Å². The fraction of sp³-hybridized carbons (Fsp3) is 0.750. The van der Waals surface area contributed by atoms with Crippen molar-refractivity contribution < 1.29 is 14.6 Å². The van der Waals surface area contributed by atoms with Crippen molar-refractivity contribution in [2.45, 2.75) is 25.0 Å². The molecule has 0 aliphatic carbocycles. The lowest BCUT2D eigenvalue weighted by Gasteiger charge is -2.35. The summed E-state index contributed by atoms with van der Waals surface area (Å²) in [7, 11) is 0. The zero-order valence-corrected chi connectivity index (χ0v) is 13.5. The van der Waals surface area contributed by atoms with E-state index in [-0.39, 0.29) is 6.10 Å². The minimum atomic E-state index is -0.448. The molecule has 2 atom stereocenters. The molecule has 2 aliphatic rings. The first kappa shape index (κ1) is 16.6. The average molecular weight is 322 g/mol. The third-order valence-electron chi connectivity index (χ3n) is 4.31. The van der Waals surface area contributed by atoms with Crippen LogP contribution in [0.5, 0.6) is 0 Å². The molecule has 128 valence electrons. The molecule has 0 saturated carbocycles. The zero-order chi connectivity index (χ0) is 15.9. The number of ether oxygens (including phenoxy) is 2. The van der Waals surface area contributed by atoms with Crippen molar-refractivity contribution in [3.8, 4) is 0 Å². The maximum Gasteiger partial charge on any atom is 0.225 e. The van der Waals surface area contributed by atoms with Crippen LogP contribution in [0.2, 0.25) is 0 Å². The summed E-state index contributed by atoms with van der Waals surface area (Å²) in [5.74, 6) is 0.785. The predicted octanol–water partition coefficient (Wildman–Crippen LogP) is 0.155. The fourth-order valence-corrected chi connectivity index (χ4v) is 3.05. The lowest BCUT2D eigenvalue weighted by atomic mass is 10.2. The topological polar surface area (TPSA) is 71.0 Å². The van der Waals surface area contributed by atoms with Gasteiger partial charge in [0.2, 0.25) is 5.95 Å². The molecule has 0 bridgehead atoms. The van der Waals surface area contributed by atoms with E-state index < -0.39 is 6.10 Å². The smallest absolute Gasteiger partial charge is 0.225 e. The van der Waals surface area contributed by atoms with Crippen LogP contribution in [0.1, 0.15) is 12.8 Å². The Morgan fingerprint density at radius 2 is 2.04 bits per heavy atom. The first-order valence-electron chi connectivity index (χ1n) is 8.43. The maximum atomic E-state index is 10.1. The van der Waals surface area contributed by atoms with Crippen LogP contribution < -0.4 is 4.90 Å². The first-order valence-corrected chi connectivity index (χ1v) is 8.43. The van der Waals surface area contributed by atoms with Crippen LogP contribution in [0.15, 0.2) is 18.5 Å². The van der Waals surface area contributed by atoms with Crippen LogP contribution in [-0.2, 0) is 9.47 Å². The molecule has 0 amide bonds. The van der Waals surface area contributed by atoms with E-state index in [2.05, 4.69) is 19.8 Å². The molecule has 0 radical (unpaired) electrons. The third kappa shape index (κ3) is 5.10. The highest BCUT2D eigenvalue weighted by molar-refractivity contribution is 5.29. The van der Waals surface area contributed by atoms with E-state index in [1.54, 1.807) is 12.4 Å². The number of hydrogen-bond acceptors (Lipinski definition) is 7. The van der Waals surface area contributed by atoms with E-state index in [1.807, 2.05) is 6.07 Å². The Bertz CT molecular complexity index is 448. The number of aromatic nitrogens is 2. The molecule has 2 fully saturated rings. The molecule has 2 saturated heterocycles. The van der Waals surface area contributed by atoms with Crippen LogP contribution in [0.4, 0.5) is 5.95 Å². The molecule has 1 aromatic heterocycles. The van der Waals surface area contributed by atoms with Gasteiger partial charge in [-0.2, -0.15) is 0 Å². The highest BCUT2D eigenvalue weighted by Crippen LogP contribution is 2.12. The van der Waals surface area contributed by atoms with Gasteiger partial charge in [0.25, 0.3) is 0 Å². The van der Waals surface area contributed by atoms with Crippen LogP contribution in [0.25, 0.3) is 0 Å². The highest BCUT2D eigenvalue weighted by Gasteiger charge is 2.21. The fourth-order valence-electron chi connectivity index (χ4n) is 3.05. The summed E-state index contributed by atoms with van der Waals surface area (Å²) in [4.78, 5) is 13.0. The maximum absolute atomic E-state index is 10.1. The molecule has 0 aromatic carbocycles. The summed E-state index contributed by atoms with van der Waals surface area (Å²) >= 11 is 0. The van der Waals surface area contributed by atoms with Gasteiger partial charge < -0.3 is 19.5 Å². The van der Waals surface area contributed by atoms with Crippen molar-refractivity contribution in [1.82, 2.24) is 14.9 Å². The molecule has 1 aromatic rings. The third-order valence-corrected chi connectivity index (χ3v) is 4.31. The second-order valence-corrected chi connectivity index (χ2v) is 6.16. The Morgan fingerprint density at radius 1 is 1.26 bits per heavy atom. The molecule has 0 unspecified atom stereocenters. The predicted molar refractivity (Wildman–Crippen MR) is 86.5 cm³/mol. The van der Waals surface area contributed by atoms with Crippen molar-refractivity contribution in [3.05, 3.63) is 18.5 Å². The van der Waals surface area contributed by atoms with Crippen LogP contribution in [0.3, 0.4) is 0 Å². The van der Waals surface area contributed by atoms with Crippen molar-refractivity contribution >= 4 is 5.95 Å². The van der Waals surface area contributed by atoms with Crippen LogP contribution in [0, 0.1) is 0 Å². The number of piperazine rings is 1. The molecular formula is C16H26N4O3. The van der Waals surface area contributed by atoms with Gasteiger partial charge in [-0.1, -0.05) is 0 Å². The van der Waals surface area contributed by atoms with E-state index in [4.69, 9.17) is 9.47 Å². The lowest BCUT2D eigenvalue weighted by Crippen LogP contribution is -2.49. The molecular weight excluding hydrogens is 296 g/mol. The second-order valence-electron chi connectivity index (χ2n) is 6.16. The van der Waals surface area contributed by atoms with Gasteiger partial charge in [0, 0.05) is 51.7 Å². The van der Waals surface area contributed by atoms with E-state index >= 15 is 0 Å². The normalized spacial score (nSPS) is 24.0. The van der Waals surface area contributed by atoms with Crippen molar-refractivity contribution in [2.75, 3.05) is 57.4 Å². The number of hydrogen-bond donors (Lipinski definition) is 1. The monoisotopic (exact) mass is 322 g/mol. The van der Waals surface area contributed by atoms with E-state index in [1.165, 1.54) is 0 Å². The van der Waals surface area contributed by atoms with Gasteiger partial charge in [-0.05, 0) is 18.9 Å². The Hall–Kier alpha value is -1.28.